The second kappa shape index (κ2) is 6.36. The third-order valence-corrected chi connectivity index (χ3v) is 2.96. The van der Waals surface area contributed by atoms with Crippen LogP contribution in [0.4, 0.5) is 4.39 Å². The molecule has 0 unspecified atom stereocenters. The molecule has 19 heavy (non-hydrogen) atoms. The van der Waals surface area contributed by atoms with Crippen LogP contribution in [0, 0.1) is 19.7 Å². The number of para-hydroxylation sites is 1. The zero-order valence-electron chi connectivity index (χ0n) is 11.4. The summed E-state index contributed by atoms with van der Waals surface area (Å²) in [7, 11) is 0. The van der Waals surface area contributed by atoms with Gasteiger partial charge in [-0.3, -0.25) is 4.68 Å². The van der Waals surface area contributed by atoms with Gasteiger partial charge in [0.05, 0.1) is 12.3 Å². The molecule has 0 radical (unpaired) electrons. The average Bonchev–Trinajstić information content (AvgIpc) is 2.70. The minimum atomic E-state index is -0.305. The number of rotatable bonds is 6. The number of aromatic nitrogens is 2. The fraction of sp³-hybridized carbons (Fsp3) is 0.400. The van der Waals surface area contributed by atoms with Crippen molar-refractivity contribution in [3.05, 3.63) is 47.5 Å². The molecule has 0 fully saturated rings. The summed E-state index contributed by atoms with van der Waals surface area (Å²) in [5, 5.41) is 4.40. The molecule has 0 saturated carbocycles. The molecule has 0 spiro atoms. The Morgan fingerprint density at radius 3 is 2.68 bits per heavy atom. The van der Waals surface area contributed by atoms with E-state index in [0.29, 0.717) is 12.4 Å². The van der Waals surface area contributed by atoms with Crippen LogP contribution in [0.25, 0.3) is 0 Å². The number of hydrogen-bond acceptors (Lipinski definition) is 2. The summed E-state index contributed by atoms with van der Waals surface area (Å²) in [6.07, 6.45) is 1.85. The third-order valence-electron chi connectivity index (χ3n) is 2.96. The second-order valence-electron chi connectivity index (χ2n) is 4.64. The Morgan fingerprint density at radius 2 is 2.00 bits per heavy atom. The van der Waals surface area contributed by atoms with Crippen molar-refractivity contribution in [3.8, 4) is 5.75 Å². The predicted octanol–water partition coefficient (Wildman–Crippen LogP) is 3.50. The van der Waals surface area contributed by atoms with E-state index >= 15 is 0 Å². The van der Waals surface area contributed by atoms with Crippen LogP contribution in [0.3, 0.4) is 0 Å². The molecule has 102 valence electrons. The highest BCUT2D eigenvalue weighted by atomic mass is 19.1. The van der Waals surface area contributed by atoms with Gasteiger partial charge in [-0.15, -0.1) is 0 Å². The number of aryl methyl sites for hydroxylation is 3. The number of benzene rings is 1. The lowest BCUT2D eigenvalue weighted by atomic mass is 10.3. The van der Waals surface area contributed by atoms with Crippen LogP contribution in [0.5, 0.6) is 5.75 Å². The lowest BCUT2D eigenvalue weighted by Gasteiger charge is -2.07. The molecule has 0 aliphatic heterocycles. The molecule has 0 N–H and O–H groups in total. The summed E-state index contributed by atoms with van der Waals surface area (Å²) in [6, 6.07) is 8.55. The van der Waals surface area contributed by atoms with E-state index in [1.165, 1.54) is 11.8 Å². The summed E-state index contributed by atoms with van der Waals surface area (Å²) in [6.45, 7) is 5.45. The molecule has 1 aromatic heterocycles. The van der Waals surface area contributed by atoms with Crippen molar-refractivity contribution in [2.45, 2.75) is 33.2 Å². The van der Waals surface area contributed by atoms with E-state index in [1.807, 2.05) is 11.6 Å². The topological polar surface area (TPSA) is 27.1 Å². The number of unbranched alkanes of at least 4 members (excludes halogenated alkanes) is 1. The van der Waals surface area contributed by atoms with Crippen molar-refractivity contribution in [2.75, 3.05) is 6.61 Å². The summed E-state index contributed by atoms with van der Waals surface area (Å²) >= 11 is 0. The van der Waals surface area contributed by atoms with Crippen molar-refractivity contribution in [1.82, 2.24) is 9.78 Å². The van der Waals surface area contributed by atoms with E-state index in [1.54, 1.807) is 18.2 Å². The Labute approximate surface area is 113 Å². The average molecular weight is 262 g/mol. The standard InChI is InChI=1S/C15H19FN2O/c1-12-11-13(2)18(17-12)9-5-6-10-19-15-8-4-3-7-14(15)16/h3-4,7-8,11H,5-6,9-10H2,1-2H3. The molecular formula is C15H19FN2O. The number of hydrogen-bond donors (Lipinski definition) is 0. The lowest BCUT2D eigenvalue weighted by Crippen LogP contribution is -2.05. The Bertz CT molecular complexity index is 537. The summed E-state index contributed by atoms with van der Waals surface area (Å²) < 4.78 is 20.7. The first-order valence-electron chi connectivity index (χ1n) is 6.55. The van der Waals surface area contributed by atoms with Crippen molar-refractivity contribution in [2.24, 2.45) is 0 Å². The third kappa shape index (κ3) is 3.81. The monoisotopic (exact) mass is 262 g/mol. The van der Waals surface area contributed by atoms with Crippen molar-refractivity contribution < 1.29 is 9.13 Å². The van der Waals surface area contributed by atoms with Gasteiger partial charge >= 0.3 is 0 Å². The van der Waals surface area contributed by atoms with Gasteiger partial charge in [-0.25, -0.2) is 4.39 Å². The quantitative estimate of drug-likeness (QED) is 0.745. The van der Waals surface area contributed by atoms with Crippen LogP contribution in [0.2, 0.25) is 0 Å². The van der Waals surface area contributed by atoms with E-state index in [2.05, 4.69) is 18.1 Å². The molecular weight excluding hydrogens is 243 g/mol. The predicted molar refractivity (Wildman–Crippen MR) is 72.8 cm³/mol. The maximum Gasteiger partial charge on any atom is 0.165 e. The van der Waals surface area contributed by atoms with Gasteiger partial charge in [0.15, 0.2) is 11.6 Å². The van der Waals surface area contributed by atoms with E-state index in [9.17, 15) is 4.39 Å². The molecule has 2 rings (SSSR count). The van der Waals surface area contributed by atoms with Gasteiger partial charge in [0.1, 0.15) is 0 Å². The Kier molecular flexibility index (Phi) is 4.55. The van der Waals surface area contributed by atoms with Crippen LogP contribution < -0.4 is 4.74 Å². The van der Waals surface area contributed by atoms with Crippen molar-refractivity contribution in [1.29, 1.82) is 0 Å². The maximum atomic E-state index is 13.3. The van der Waals surface area contributed by atoms with E-state index in [-0.39, 0.29) is 5.82 Å². The van der Waals surface area contributed by atoms with Crippen molar-refractivity contribution >= 4 is 0 Å². The molecule has 3 nitrogen and oxygen atoms in total. The van der Waals surface area contributed by atoms with Crippen LogP contribution in [0.15, 0.2) is 30.3 Å². The second-order valence-corrected chi connectivity index (χ2v) is 4.64. The zero-order chi connectivity index (χ0) is 13.7. The normalized spacial score (nSPS) is 10.7. The first kappa shape index (κ1) is 13.6. The largest absolute Gasteiger partial charge is 0.491 e. The maximum absolute atomic E-state index is 13.3. The number of halogens is 1. The first-order valence-corrected chi connectivity index (χ1v) is 6.55. The molecule has 2 aromatic rings. The minimum Gasteiger partial charge on any atom is -0.491 e. The van der Waals surface area contributed by atoms with Crippen LogP contribution in [-0.4, -0.2) is 16.4 Å². The molecule has 1 aromatic carbocycles. The Balaban J connectivity index is 1.70. The van der Waals surface area contributed by atoms with Gasteiger partial charge in [-0.05, 0) is 44.9 Å². The number of nitrogens with zero attached hydrogens (tertiary/aromatic N) is 2. The molecule has 0 saturated heterocycles. The van der Waals surface area contributed by atoms with Gasteiger partial charge < -0.3 is 4.74 Å². The smallest absolute Gasteiger partial charge is 0.165 e. The lowest BCUT2D eigenvalue weighted by molar-refractivity contribution is 0.287. The van der Waals surface area contributed by atoms with E-state index in [0.717, 1.165) is 25.1 Å². The zero-order valence-corrected chi connectivity index (χ0v) is 11.4. The molecule has 0 amide bonds. The summed E-state index contributed by atoms with van der Waals surface area (Å²) in [5.74, 6) is 0.0228. The Hall–Kier alpha value is -1.84. The van der Waals surface area contributed by atoms with Gasteiger partial charge in [0, 0.05) is 12.2 Å². The highest BCUT2D eigenvalue weighted by Crippen LogP contribution is 2.15. The molecule has 0 aliphatic rings. The SMILES string of the molecule is Cc1cc(C)n(CCCCOc2ccccc2F)n1. The van der Waals surface area contributed by atoms with Crippen molar-refractivity contribution in [3.63, 3.8) is 0 Å². The highest BCUT2D eigenvalue weighted by Gasteiger charge is 2.02. The fourth-order valence-electron chi connectivity index (χ4n) is 2.01. The molecule has 0 bridgehead atoms. The molecule has 0 aliphatic carbocycles. The van der Waals surface area contributed by atoms with Gasteiger partial charge in [0.2, 0.25) is 0 Å². The fourth-order valence-corrected chi connectivity index (χ4v) is 2.01. The molecule has 0 atom stereocenters. The van der Waals surface area contributed by atoms with E-state index in [4.69, 9.17) is 4.74 Å². The van der Waals surface area contributed by atoms with Crippen LogP contribution in [-0.2, 0) is 6.54 Å². The molecule has 1 heterocycles. The van der Waals surface area contributed by atoms with Gasteiger partial charge in [-0.2, -0.15) is 5.10 Å². The molecule has 4 heteroatoms. The van der Waals surface area contributed by atoms with E-state index < -0.39 is 0 Å². The number of ether oxygens (including phenoxy) is 1. The highest BCUT2D eigenvalue weighted by molar-refractivity contribution is 5.23. The Morgan fingerprint density at radius 1 is 1.21 bits per heavy atom. The van der Waals surface area contributed by atoms with Gasteiger partial charge in [0.25, 0.3) is 0 Å². The van der Waals surface area contributed by atoms with Crippen LogP contribution >= 0.6 is 0 Å². The first-order chi connectivity index (χ1) is 9.16. The van der Waals surface area contributed by atoms with Gasteiger partial charge in [-0.1, -0.05) is 12.1 Å². The van der Waals surface area contributed by atoms with Crippen LogP contribution in [0.1, 0.15) is 24.2 Å². The minimum absolute atomic E-state index is 0.305. The summed E-state index contributed by atoms with van der Waals surface area (Å²) in [4.78, 5) is 0. The summed E-state index contributed by atoms with van der Waals surface area (Å²) in [5.41, 5.74) is 2.22.